The second-order valence-corrected chi connectivity index (χ2v) is 9.73. The van der Waals surface area contributed by atoms with E-state index >= 15 is 0 Å². The van der Waals surface area contributed by atoms with Gasteiger partial charge in [-0.05, 0) is 78.7 Å². The van der Waals surface area contributed by atoms with Gasteiger partial charge in [-0.2, -0.15) is 8.78 Å². The Morgan fingerprint density at radius 3 is 2.21 bits per heavy atom. The van der Waals surface area contributed by atoms with Gasteiger partial charge in [0, 0.05) is 0 Å². The number of benzene rings is 2. The van der Waals surface area contributed by atoms with Gasteiger partial charge in [-0.1, -0.05) is 75.9 Å². The van der Waals surface area contributed by atoms with Gasteiger partial charge in [-0.25, -0.2) is 4.39 Å². The summed E-state index contributed by atoms with van der Waals surface area (Å²) >= 11 is 0. The third kappa shape index (κ3) is 8.17. The molecule has 0 bridgehead atoms. The molecule has 33 heavy (non-hydrogen) atoms. The van der Waals surface area contributed by atoms with Gasteiger partial charge in [-0.15, -0.1) is 0 Å². The number of hydrogen-bond acceptors (Lipinski definition) is 1. The fourth-order valence-electron chi connectivity index (χ4n) is 5.01. The topological polar surface area (TPSA) is 9.23 Å². The maximum absolute atomic E-state index is 14.4. The predicted molar refractivity (Wildman–Crippen MR) is 129 cm³/mol. The molecule has 3 rings (SSSR count). The Hall–Kier alpha value is -1.81. The fourth-order valence-corrected chi connectivity index (χ4v) is 5.01. The molecule has 0 N–H and O–H groups in total. The average molecular weight is 461 g/mol. The van der Waals surface area contributed by atoms with Crippen LogP contribution in [-0.4, -0.2) is 6.11 Å². The first kappa shape index (κ1) is 25.8. The summed E-state index contributed by atoms with van der Waals surface area (Å²) < 4.78 is 48.1. The molecule has 0 unspecified atom stereocenters. The lowest BCUT2D eigenvalue weighted by Crippen LogP contribution is -2.24. The molecule has 182 valence electrons. The number of halogens is 3. The van der Waals surface area contributed by atoms with Crippen molar-refractivity contribution < 1.29 is 17.9 Å². The molecule has 4 heteroatoms. The standard InChI is InChI=1S/C29H39F3O/c1-3-5-6-8-23-11-18-27(28(30)19-23)20-29(31,32)33-21-24-12-16-26(17-13-24)25-14-9-22(7-4-2)10-15-25/h11-13,16-19,22,25H,3-10,14-15,20-21H2,1-2H3. The van der Waals surface area contributed by atoms with Crippen LogP contribution in [0.25, 0.3) is 0 Å². The van der Waals surface area contributed by atoms with E-state index in [0.29, 0.717) is 11.5 Å². The first-order valence-electron chi connectivity index (χ1n) is 12.8. The van der Waals surface area contributed by atoms with Crippen LogP contribution < -0.4 is 0 Å². The van der Waals surface area contributed by atoms with E-state index in [0.717, 1.165) is 37.2 Å². The van der Waals surface area contributed by atoms with E-state index in [1.807, 2.05) is 12.1 Å². The monoisotopic (exact) mass is 460 g/mol. The third-order valence-electron chi connectivity index (χ3n) is 7.03. The normalized spacial score (nSPS) is 19.1. The van der Waals surface area contributed by atoms with Crippen molar-refractivity contribution in [3.8, 4) is 0 Å². The van der Waals surface area contributed by atoms with Gasteiger partial charge in [0.25, 0.3) is 0 Å². The molecule has 0 heterocycles. The highest BCUT2D eigenvalue weighted by atomic mass is 19.3. The molecular weight excluding hydrogens is 421 g/mol. The number of ether oxygens (including phenoxy) is 1. The molecule has 1 aliphatic rings. The smallest absolute Gasteiger partial charge is 0.315 e. The molecular formula is C29H39F3O. The maximum Gasteiger partial charge on any atom is 0.360 e. The quantitative estimate of drug-likeness (QED) is 0.287. The van der Waals surface area contributed by atoms with E-state index in [2.05, 4.69) is 26.0 Å². The molecule has 1 saturated carbocycles. The molecule has 0 saturated heterocycles. The van der Waals surface area contributed by atoms with E-state index in [-0.39, 0.29) is 12.2 Å². The van der Waals surface area contributed by atoms with Gasteiger partial charge >= 0.3 is 6.11 Å². The summed E-state index contributed by atoms with van der Waals surface area (Å²) in [6.07, 6.45) is 7.32. The first-order valence-corrected chi connectivity index (χ1v) is 12.8. The van der Waals surface area contributed by atoms with Gasteiger partial charge in [0.05, 0.1) is 13.0 Å². The molecule has 0 amide bonds. The van der Waals surface area contributed by atoms with Gasteiger partial charge in [-0.3, -0.25) is 0 Å². The van der Waals surface area contributed by atoms with Crippen LogP contribution in [0.15, 0.2) is 42.5 Å². The van der Waals surface area contributed by atoms with Crippen LogP contribution in [0.1, 0.15) is 99.8 Å². The summed E-state index contributed by atoms with van der Waals surface area (Å²) in [7, 11) is 0. The molecule has 2 aromatic carbocycles. The molecule has 1 nitrogen and oxygen atoms in total. The highest BCUT2D eigenvalue weighted by Crippen LogP contribution is 2.37. The predicted octanol–water partition coefficient (Wildman–Crippen LogP) is 8.98. The van der Waals surface area contributed by atoms with Gasteiger partial charge in [0.2, 0.25) is 0 Å². The highest BCUT2D eigenvalue weighted by Gasteiger charge is 2.32. The summed E-state index contributed by atoms with van der Waals surface area (Å²) in [4.78, 5) is 0. The molecule has 0 atom stereocenters. The lowest BCUT2D eigenvalue weighted by atomic mass is 9.77. The minimum absolute atomic E-state index is 0.00624. The largest absolute Gasteiger partial charge is 0.360 e. The Morgan fingerprint density at radius 1 is 0.879 bits per heavy atom. The van der Waals surface area contributed by atoms with Crippen LogP contribution in [-0.2, 0) is 24.2 Å². The second-order valence-electron chi connectivity index (χ2n) is 9.73. The second kappa shape index (κ2) is 12.6. The van der Waals surface area contributed by atoms with Crippen molar-refractivity contribution in [3.63, 3.8) is 0 Å². The maximum atomic E-state index is 14.4. The first-order chi connectivity index (χ1) is 15.9. The molecule has 0 spiro atoms. The van der Waals surface area contributed by atoms with Crippen LogP contribution in [0, 0.1) is 11.7 Å². The SMILES string of the molecule is CCCCCc1ccc(CC(F)(F)OCc2ccc(C3CCC(CCC)CC3)cc2)c(F)c1. The number of unbranched alkanes of at least 4 members (excludes halogenated alkanes) is 2. The number of hydrogen-bond donors (Lipinski definition) is 0. The molecule has 0 radical (unpaired) electrons. The molecule has 2 aromatic rings. The highest BCUT2D eigenvalue weighted by molar-refractivity contribution is 5.26. The average Bonchev–Trinajstić information content (AvgIpc) is 2.81. The number of aryl methyl sites for hydroxylation is 1. The summed E-state index contributed by atoms with van der Waals surface area (Å²) in [5.41, 5.74) is 2.85. The van der Waals surface area contributed by atoms with Crippen molar-refractivity contribution in [1.82, 2.24) is 0 Å². The van der Waals surface area contributed by atoms with Crippen LogP contribution >= 0.6 is 0 Å². The van der Waals surface area contributed by atoms with E-state index in [9.17, 15) is 13.2 Å². The van der Waals surface area contributed by atoms with E-state index in [1.165, 1.54) is 56.2 Å². The summed E-state index contributed by atoms with van der Waals surface area (Å²) in [5.74, 6) is 0.857. The molecule has 1 aliphatic carbocycles. The van der Waals surface area contributed by atoms with E-state index < -0.39 is 18.3 Å². The van der Waals surface area contributed by atoms with Crippen LogP contribution in [0.3, 0.4) is 0 Å². The molecule has 0 aromatic heterocycles. The van der Waals surface area contributed by atoms with Crippen molar-refractivity contribution in [3.05, 3.63) is 70.5 Å². The van der Waals surface area contributed by atoms with Crippen molar-refractivity contribution in [2.75, 3.05) is 0 Å². The molecule has 1 fully saturated rings. The molecule has 0 aliphatic heterocycles. The minimum atomic E-state index is -3.42. The zero-order valence-corrected chi connectivity index (χ0v) is 20.2. The number of rotatable bonds is 12. The summed E-state index contributed by atoms with van der Waals surface area (Å²) in [6, 6.07) is 12.5. The zero-order chi connectivity index (χ0) is 23.7. The Balaban J connectivity index is 1.49. The lowest BCUT2D eigenvalue weighted by molar-refractivity contribution is -0.244. The number of alkyl halides is 2. The van der Waals surface area contributed by atoms with Crippen molar-refractivity contribution >= 4 is 0 Å². The van der Waals surface area contributed by atoms with E-state index in [1.54, 1.807) is 6.07 Å². The third-order valence-corrected chi connectivity index (χ3v) is 7.03. The van der Waals surface area contributed by atoms with Gasteiger partial charge in [0.15, 0.2) is 0 Å². The van der Waals surface area contributed by atoms with Crippen LogP contribution in [0.2, 0.25) is 0 Å². The Labute approximate surface area is 197 Å². The van der Waals surface area contributed by atoms with Crippen molar-refractivity contribution in [2.24, 2.45) is 5.92 Å². The Kier molecular flexibility index (Phi) is 9.85. The zero-order valence-electron chi connectivity index (χ0n) is 20.2. The summed E-state index contributed by atoms with van der Waals surface area (Å²) in [5, 5.41) is 0. The van der Waals surface area contributed by atoms with Gasteiger partial charge in [0.1, 0.15) is 5.82 Å². The fraction of sp³-hybridized carbons (Fsp3) is 0.586. The van der Waals surface area contributed by atoms with Crippen molar-refractivity contribution in [1.29, 1.82) is 0 Å². The van der Waals surface area contributed by atoms with E-state index in [4.69, 9.17) is 4.74 Å². The summed E-state index contributed by atoms with van der Waals surface area (Å²) in [6.45, 7) is 4.17. The Bertz CT molecular complexity index is 838. The van der Waals surface area contributed by atoms with Gasteiger partial charge < -0.3 is 4.74 Å². The van der Waals surface area contributed by atoms with Crippen LogP contribution in [0.4, 0.5) is 13.2 Å². The minimum Gasteiger partial charge on any atom is -0.315 e. The van der Waals surface area contributed by atoms with Crippen LogP contribution in [0.5, 0.6) is 0 Å². The van der Waals surface area contributed by atoms with Crippen molar-refractivity contribution in [2.45, 2.75) is 103 Å². The lowest BCUT2D eigenvalue weighted by Gasteiger charge is -2.28. The Morgan fingerprint density at radius 2 is 1.58 bits per heavy atom.